The highest BCUT2D eigenvalue weighted by molar-refractivity contribution is 5.79. The second-order valence-corrected chi connectivity index (χ2v) is 4.87. The lowest BCUT2D eigenvalue weighted by Gasteiger charge is -2.30. The Morgan fingerprint density at radius 3 is 2.50 bits per heavy atom. The molecule has 1 fully saturated rings. The van der Waals surface area contributed by atoms with Crippen LogP contribution in [0.1, 0.15) is 19.8 Å². The molecule has 2 rings (SSSR count). The minimum absolute atomic E-state index is 0.268. The largest absolute Gasteiger partial charge is 0.497 e. The predicted octanol–water partition coefficient (Wildman–Crippen LogP) is 1.79. The lowest BCUT2D eigenvalue weighted by atomic mass is 10.1. The van der Waals surface area contributed by atoms with Crippen LogP contribution in [-0.2, 0) is 4.79 Å². The molecule has 4 heteroatoms. The first-order valence-corrected chi connectivity index (χ1v) is 6.31. The molecule has 0 spiro atoms. The standard InChI is InChI=1S/C14H20N2O2/c1-10(11-3-4-11)16(9-14(15)17)12-5-7-13(18-2)8-6-12/h5-8,10-11H,3-4,9H2,1-2H3,(H2,15,17)/t10-/m1/s1. The fraction of sp³-hybridized carbons (Fsp3) is 0.500. The van der Waals surface area contributed by atoms with Gasteiger partial charge in [0.25, 0.3) is 0 Å². The van der Waals surface area contributed by atoms with E-state index in [0.717, 1.165) is 11.4 Å². The van der Waals surface area contributed by atoms with E-state index < -0.39 is 0 Å². The number of rotatable bonds is 6. The Labute approximate surface area is 108 Å². The van der Waals surface area contributed by atoms with Crippen molar-refractivity contribution in [3.63, 3.8) is 0 Å². The summed E-state index contributed by atoms with van der Waals surface area (Å²) in [5.41, 5.74) is 6.36. The van der Waals surface area contributed by atoms with E-state index in [9.17, 15) is 4.79 Å². The van der Waals surface area contributed by atoms with Gasteiger partial charge in [-0.3, -0.25) is 4.79 Å². The van der Waals surface area contributed by atoms with Crippen molar-refractivity contribution in [1.29, 1.82) is 0 Å². The zero-order chi connectivity index (χ0) is 13.1. The Kier molecular flexibility index (Phi) is 3.75. The summed E-state index contributed by atoms with van der Waals surface area (Å²) in [7, 11) is 1.64. The van der Waals surface area contributed by atoms with Crippen molar-refractivity contribution < 1.29 is 9.53 Å². The van der Waals surface area contributed by atoms with Crippen molar-refractivity contribution in [3.8, 4) is 5.75 Å². The van der Waals surface area contributed by atoms with Gasteiger partial charge in [0.2, 0.25) is 5.91 Å². The fourth-order valence-corrected chi connectivity index (χ4v) is 2.25. The minimum atomic E-state index is -0.293. The molecule has 4 nitrogen and oxygen atoms in total. The normalized spacial score (nSPS) is 16.1. The van der Waals surface area contributed by atoms with Crippen molar-refractivity contribution in [2.45, 2.75) is 25.8 Å². The predicted molar refractivity (Wildman–Crippen MR) is 71.7 cm³/mol. The number of anilines is 1. The number of nitrogens with two attached hydrogens (primary N) is 1. The van der Waals surface area contributed by atoms with E-state index in [2.05, 4.69) is 11.8 Å². The van der Waals surface area contributed by atoms with Gasteiger partial charge in [-0.25, -0.2) is 0 Å². The molecular formula is C14H20N2O2. The van der Waals surface area contributed by atoms with E-state index >= 15 is 0 Å². The topological polar surface area (TPSA) is 55.6 Å². The molecule has 1 aromatic rings. The van der Waals surface area contributed by atoms with Crippen LogP contribution in [0.2, 0.25) is 0 Å². The molecule has 0 bridgehead atoms. The third-order valence-electron chi connectivity index (χ3n) is 3.53. The van der Waals surface area contributed by atoms with E-state index in [4.69, 9.17) is 10.5 Å². The molecule has 1 atom stereocenters. The van der Waals surface area contributed by atoms with E-state index in [-0.39, 0.29) is 12.5 Å². The number of methoxy groups -OCH3 is 1. The maximum absolute atomic E-state index is 11.2. The molecule has 0 saturated heterocycles. The van der Waals surface area contributed by atoms with Crippen LogP contribution in [0.15, 0.2) is 24.3 Å². The molecule has 18 heavy (non-hydrogen) atoms. The number of primary amides is 1. The van der Waals surface area contributed by atoms with Crippen LogP contribution in [0.4, 0.5) is 5.69 Å². The Bertz CT molecular complexity index is 412. The lowest BCUT2D eigenvalue weighted by molar-refractivity contribution is -0.116. The third kappa shape index (κ3) is 2.94. The van der Waals surface area contributed by atoms with Crippen molar-refractivity contribution in [3.05, 3.63) is 24.3 Å². The highest BCUT2D eigenvalue weighted by atomic mass is 16.5. The average molecular weight is 248 g/mol. The number of nitrogens with zero attached hydrogens (tertiary/aromatic N) is 1. The molecule has 1 aromatic carbocycles. The van der Waals surface area contributed by atoms with Crippen LogP contribution in [-0.4, -0.2) is 25.6 Å². The summed E-state index contributed by atoms with van der Waals surface area (Å²) in [4.78, 5) is 13.3. The van der Waals surface area contributed by atoms with Gasteiger partial charge >= 0.3 is 0 Å². The first-order valence-electron chi connectivity index (χ1n) is 6.31. The monoisotopic (exact) mass is 248 g/mol. The Hall–Kier alpha value is -1.71. The molecule has 0 aliphatic heterocycles. The van der Waals surface area contributed by atoms with Crippen LogP contribution in [0, 0.1) is 5.92 Å². The molecule has 1 aliphatic rings. The average Bonchev–Trinajstić information content (AvgIpc) is 3.19. The molecular weight excluding hydrogens is 228 g/mol. The minimum Gasteiger partial charge on any atom is -0.497 e. The zero-order valence-electron chi connectivity index (χ0n) is 10.9. The van der Waals surface area contributed by atoms with Crippen LogP contribution >= 0.6 is 0 Å². The Balaban J connectivity index is 2.17. The van der Waals surface area contributed by atoms with E-state index in [1.54, 1.807) is 7.11 Å². The highest BCUT2D eigenvalue weighted by Crippen LogP contribution is 2.37. The number of carbonyl (C=O) groups excluding carboxylic acids is 1. The van der Waals surface area contributed by atoms with Gasteiger partial charge in [0.15, 0.2) is 0 Å². The van der Waals surface area contributed by atoms with E-state index in [0.29, 0.717) is 12.0 Å². The molecule has 0 aromatic heterocycles. The summed E-state index contributed by atoms with van der Waals surface area (Å²) >= 11 is 0. The summed E-state index contributed by atoms with van der Waals surface area (Å²) in [6, 6.07) is 8.11. The van der Waals surface area contributed by atoms with Gasteiger partial charge in [0, 0.05) is 11.7 Å². The van der Waals surface area contributed by atoms with Gasteiger partial charge in [-0.1, -0.05) is 0 Å². The molecule has 0 radical (unpaired) electrons. The summed E-state index contributed by atoms with van der Waals surface area (Å²) in [5.74, 6) is 1.21. The summed E-state index contributed by atoms with van der Waals surface area (Å²) in [5, 5.41) is 0. The van der Waals surface area contributed by atoms with Gasteiger partial charge in [0.05, 0.1) is 13.7 Å². The summed E-state index contributed by atoms with van der Waals surface area (Å²) in [6.07, 6.45) is 2.49. The van der Waals surface area contributed by atoms with Crippen LogP contribution < -0.4 is 15.4 Å². The van der Waals surface area contributed by atoms with Crippen molar-refractivity contribution in [2.75, 3.05) is 18.6 Å². The van der Waals surface area contributed by atoms with E-state index in [1.807, 2.05) is 24.3 Å². The fourth-order valence-electron chi connectivity index (χ4n) is 2.25. The first-order chi connectivity index (χ1) is 8.61. The lowest BCUT2D eigenvalue weighted by Crippen LogP contribution is -2.41. The van der Waals surface area contributed by atoms with Crippen molar-refractivity contribution in [2.24, 2.45) is 11.7 Å². The Morgan fingerprint density at radius 2 is 2.06 bits per heavy atom. The van der Waals surface area contributed by atoms with Gasteiger partial charge < -0.3 is 15.4 Å². The second kappa shape index (κ2) is 5.29. The van der Waals surface area contributed by atoms with Gasteiger partial charge in [0.1, 0.15) is 5.75 Å². The van der Waals surface area contributed by atoms with Gasteiger partial charge in [-0.05, 0) is 49.9 Å². The van der Waals surface area contributed by atoms with Crippen LogP contribution in [0.5, 0.6) is 5.75 Å². The maximum atomic E-state index is 11.2. The van der Waals surface area contributed by atoms with Gasteiger partial charge in [-0.15, -0.1) is 0 Å². The van der Waals surface area contributed by atoms with Crippen LogP contribution in [0.25, 0.3) is 0 Å². The molecule has 0 heterocycles. The molecule has 2 N–H and O–H groups in total. The van der Waals surface area contributed by atoms with Gasteiger partial charge in [-0.2, -0.15) is 0 Å². The Morgan fingerprint density at radius 1 is 1.44 bits per heavy atom. The van der Waals surface area contributed by atoms with Crippen molar-refractivity contribution in [1.82, 2.24) is 0 Å². The highest BCUT2D eigenvalue weighted by Gasteiger charge is 2.32. The molecule has 0 unspecified atom stereocenters. The number of benzene rings is 1. The number of amides is 1. The number of hydrogen-bond acceptors (Lipinski definition) is 3. The van der Waals surface area contributed by atoms with E-state index in [1.165, 1.54) is 12.8 Å². The molecule has 98 valence electrons. The third-order valence-corrected chi connectivity index (χ3v) is 3.53. The zero-order valence-corrected chi connectivity index (χ0v) is 10.9. The summed E-state index contributed by atoms with van der Waals surface area (Å²) in [6.45, 7) is 2.43. The second-order valence-electron chi connectivity index (χ2n) is 4.87. The van der Waals surface area contributed by atoms with Crippen molar-refractivity contribution >= 4 is 11.6 Å². The molecule has 1 amide bonds. The van der Waals surface area contributed by atoms with Crippen LogP contribution in [0.3, 0.4) is 0 Å². The number of carbonyl (C=O) groups is 1. The molecule has 1 aliphatic carbocycles. The first kappa shape index (κ1) is 12.7. The number of ether oxygens (including phenoxy) is 1. The molecule has 1 saturated carbocycles. The number of hydrogen-bond donors (Lipinski definition) is 1. The SMILES string of the molecule is COc1ccc(N(CC(N)=O)[C@H](C)C2CC2)cc1. The smallest absolute Gasteiger partial charge is 0.236 e. The maximum Gasteiger partial charge on any atom is 0.236 e. The quantitative estimate of drug-likeness (QED) is 0.835. The summed E-state index contributed by atoms with van der Waals surface area (Å²) < 4.78 is 5.14.